The minimum Gasteiger partial charge on any atom is -0.311 e. The van der Waals surface area contributed by atoms with Gasteiger partial charge in [-0.05, 0) is 36.6 Å². The molecular weight excluding hydrogens is 417 g/mol. The Labute approximate surface area is 180 Å². The molecule has 2 aromatic heterocycles. The van der Waals surface area contributed by atoms with Crippen LogP contribution < -0.4 is 10.5 Å². The van der Waals surface area contributed by atoms with Gasteiger partial charge < -0.3 is 4.90 Å². The first-order valence-corrected chi connectivity index (χ1v) is 10.8. The standard InChI is InChI=1S/C22H18FN5O2S/c23-16-9-3-2-8-15(16)21-24-18-12-19(29)26-28(18)22(25-21)31-13-20(30)27-11-5-7-14-6-1-4-10-17(14)27/h1-4,6,8-10,12H,5,7,11,13H2,(H,26,29). The van der Waals surface area contributed by atoms with Gasteiger partial charge in [-0.15, -0.1) is 0 Å². The van der Waals surface area contributed by atoms with E-state index in [1.54, 1.807) is 23.1 Å². The number of fused-ring (bicyclic) bond motifs is 2. The van der Waals surface area contributed by atoms with E-state index in [1.165, 1.54) is 28.4 Å². The molecule has 9 heteroatoms. The second-order valence-electron chi connectivity index (χ2n) is 7.19. The number of hydrogen-bond acceptors (Lipinski definition) is 5. The summed E-state index contributed by atoms with van der Waals surface area (Å²) in [5.74, 6) is -0.222. The van der Waals surface area contributed by atoms with Crippen molar-refractivity contribution in [2.24, 2.45) is 0 Å². The number of carbonyl (C=O) groups is 1. The normalized spacial score (nSPS) is 13.4. The second-order valence-corrected chi connectivity index (χ2v) is 8.13. The average molecular weight is 435 g/mol. The van der Waals surface area contributed by atoms with Crippen LogP contribution in [0.5, 0.6) is 0 Å². The second kappa shape index (κ2) is 7.99. The first-order chi connectivity index (χ1) is 15.1. The van der Waals surface area contributed by atoms with E-state index in [4.69, 9.17) is 0 Å². The summed E-state index contributed by atoms with van der Waals surface area (Å²) in [7, 11) is 0. The van der Waals surface area contributed by atoms with E-state index in [1.807, 2.05) is 24.3 Å². The quantitative estimate of drug-likeness (QED) is 0.498. The lowest BCUT2D eigenvalue weighted by Crippen LogP contribution is -2.36. The van der Waals surface area contributed by atoms with E-state index in [2.05, 4.69) is 15.1 Å². The van der Waals surface area contributed by atoms with Gasteiger partial charge in [-0.25, -0.2) is 18.9 Å². The fraction of sp³-hybridized carbons (Fsp3) is 0.182. The number of halogens is 1. The summed E-state index contributed by atoms with van der Waals surface area (Å²) in [6.45, 7) is 0.663. The molecule has 1 aliphatic heterocycles. The third-order valence-corrected chi connectivity index (χ3v) is 6.10. The minimum absolute atomic E-state index is 0.0501. The molecule has 156 valence electrons. The van der Waals surface area contributed by atoms with Crippen LogP contribution in [0.1, 0.15) is 12.0 Å². The van der Waals surface area contributed by atoms with Gasteiger partial charge in [-0.1, -0.05) is 42.1 Å². The first kappa shape index (κ1) is 19.5. The van der Waals surface area contributed by atoms with Gasteiger partial charge in [-0.3, -0.25) is 14.7 Å². The molecular formula is C22H18FN5O2S. The summed E-state index contributed by atoms with van der Waals surface area (Å²) in [5.41, 5.74) is 2.30. The average Bonchev–Trinajstić information content (AvgIpc) is 3.17. The number of nitrogens with one attached hydrogen (secondary N) is 1. The van der Waals surface area contributed by atoms with Gasteiger partial charge in [0.1, 0.15) is 5.82 Å². The number of hydrogen-bond donors (Lipinski definition) is 1. The zero-order chi connectivity index (χ0) is 21.4. The Morgan fingerprint density at radius 2 is 1.94 bits per heavy atom. The van der Waals surface area contributed by atoms with E-state index in [0.29, 0.717) is 17.3 Å². The predicted octanol–water partition coefficient (Wildman–Crippen LogP) is 3.30. The lowest BCUT2D eigenvalue weighted by molar-refractivity contribution is -0.116. The number of H-pyrrole nitrogens is 1. The maximum absolute atomic E-state index is 14.3. The number of thioether (sulfide) groups is 1. The van der Waals surface area contributed by atoms with Crippen LogP contribution >= 0.6 is 11.8 Å². The molecule has 0 bridgehead atoms. The number of carbonyl (C=O) groups excluding carboxylic acids is 1. The molecule has 3 heterocycles. The molecule has 0 atom stereocenters. The van der Waals surface area contributed by atoms with Crippen LogP contribution in [0.4, 0.5) is 10.1 Å². The monoisotopic (exact) mass is 435 g/mol. The number of aromatic nitrogens is 4. The van der Waals surface area contributed by atoms with Crippen molar-refractivity contribution >= 4 is 29.0 Å². The summed E-state index contributed by atoms with van der Waals surface area (Å²) in [6, 6.07) is 15.4. The van der Waals surface area contributed by atoms with E-state index in [0.717, 1.165) is 24.1 Å². The highest BCUT2D eigenvalue weighted by atomic mass is 32.2. The number of amides is 1. The zero-order valence-corrected chi connectivity index (χ0v) is 17.2. The Bertz CT molecular complexity index is 1350. The van der Waals surface area contributed by atoms with Crippen molar-refractivity contribution in [1.82, 2.24) is 19.6 Å². The maximum Gasteiger partial charge on any atom is 0.266 e. The molecule has 0 radical (unpaired) electrons. The number of aromatic amines is 1. The van der Waals surface area contributed by atoms with Gasteiger partial charge in [0.25, 0.3) is 5.56 Å². The Hall–Kier alpha value is -3.46. The number of rotatable bonds is 4. The van der Waals surface area contributed by atoms with Crippen LogP contribution in [-0.2, 0) is 11.2 Å². The molecule has 1 N–H and O–H groups in total. The van der Waals surface area contributed by atoms with E-state index >= 15 is 0 Å². The number of aryl methyl sites for hydroxylation is 1. The number of nitrogens with zero attached hydrogens (tertiary/aromatic N) is 4. The molecule has 4 aromatic rings. The minimum atomic E-state index is -0.457. The van der Waals surface area contributed by atoms with Gasteiger partial charge in [-0.2, -0.15) is 0 Å². The molecule has 31 heavy (non-hydrogen) atoms. The molecule has 0 fully saturated rings. The van der Waals surface area contributed by atoms with E-state index in [-0.39, 0.29) is 28.6 Å². The molecule has 5 rings (SSSR count). The summed E-state index contributed by atoms with van der Waals surface area (Å²) < 4.78 is 15.7. The summed E-state index contributed by atoms with van der Waals surface area (Å²) in [5, 5.41) is 3.00. The number of anilines is 1. The van der Waals surface area contributed by atoms with E-state index in [9.17, 15) is 14.0 Å². The first-order valence-electron chi connectivity index (χ1n) is 9.86. The van der Waals surface area contributed by atoms with Crippen LogP contribution in [0.25, 0.3) is 17.0 Å². The molecule has 0 unspecified atom stereocenters. The Morgan fingerprint density at radius 3 is 2.81 bits per heavy atom. The van der Waals surface area contributed by atoms with Crippen molar-refractivity contribution in [3.05, 3.63) is 76.3 Å². The molecule has 7 nitrogen and oxygen atoms in total. The molecule has 2 aromatic carbocycles. The molecule has 1 aliphatic rings. The van der Waals surface area contributed by atoms with Crippen molar-refractivity contribution in [1.29, 1.82) is 0 Å². The fourth-order valence-electron chi connectivity index (χ4n) is 3.74. The lowest BCUT2D eigenvalue weighted by atomic mass is 10.0. The molecule has 0 saturated heterocycles. The Morgan fingerprint density at radius 1 is 1.13 bits per heavy atom. The number of benzene rings is 2. The van der Waals surface area contributed by atoms with Crippen LogP contribution in [0.2, 0.25) is 0 Å². The fourth-order valence-corrected chi connectivity index (χ4v) is 4.57. The number of para-hydroxylation sites is 1. The van der Waals surface area contributed by atoms with Crippen LogP contribution in [-0.4, -0.2) is 37.8 Å². The van der Waals surface area contributed by atoms with Gasteiger partial charge in [0.2, 0.25) is 5.91 Å². The lowest BCUT2D eigenvalue weighted by Gasteiger charge is -2.29. The van der Waals surface area contributed by atoms with Gasteiger partial charge in [0.15, 0.2) is 16.6 Å². The third kappa shape index (κ3) is 3.72. The summed E-state index contributed by atoms with van der Waals surface area (Å²) in [6.07, 6.45) is 1.86. The molecule has 0 saturated carbocycles. The maximum atomic E-state index is 14.3. The highest BCUT2D eigenvalue weighted by Gasteiger charge is 2.23. The van der Waals surface area contributed by atoms with Gasteiger partial charge >= 0.3 is 0 Å². The topological polar surface area (TPSA) is 83.4 Å². The van der Waals surface area contributed by atoms with Crippen LogP contribution in [0.3, 0.4) is 0 Å². The van der Waals surface area contributed by atoms with Gasteiger partial charge in [0, 0.05) is 18.3 Å². The highest BCUT2D eigenvalue weighted by Crippen LogP contribution is 2.28. The third-order valence-electron chi connectivity index (χ3n) is 5.18. The largest absolute Gasteiger partial charge is 0.311 e. The van der Waals surface area contributed by atoms with Crippen LogP contribution in [0, 0.1) is 5.82 Å². The van der Waals surface area contributed by atoms with Crippen molar-refractivity contribution < 1.29 is 9.18 Å². The summed E-state index contributed by atoms with van der Waals surface area (Å²) in [4.78, 5) is 35.4. The molecule has 0 aliphatic carbocycles. The summed E-state index contributed by atoms with van der Waals surface area (Å²) >= 11 is 1.18. The Balaban J connectivity index is 1.46. The zero-order valence-electron chi connectivity index (χ0n) is 16.4. The molecule has 0 spiro atoms. The van der Waals surface area contributed by atoms with Crippen molar-refractivity contribution in [3.63, 3.8) is 0 Å². The van der Waals surface area contributed by atoms with Crippen molar-refractivity contribution in [3.8, 4) is 11.4 Å². The SMILES string of the molecule is O=C(CSc1nc(-c2ccccc2F)nc2cc(=O)[nH]n12)N1CCCc2ccccc21. The highest BCUT2D eigenvalue weighted by molar-refractivity contribution is 7.99. The van der Waals surface area contributed by atoms with Crippen LogP contribution in [0.15, 0.2) is 64.5 Å². The predicted molar refractivity (Wildman–Crippen MR) is 117 cm³/mol. The van der Waals surface area contributed by atoms with Crippen molar-refractivity contribution in [2.45, 2.75) is 18.0 Å². The Kier molecular flexibility index (Phi) is 5.03. The van der Waals surface area contributed by atoms with E-state index < -0.39 is 5.82 Å². The smallest absolute Gasteiger partial charge is 0.266 e. The molecule has 1 amide bonds. The van der Waals surface area contributed by atoms with Crippen molar-refractivity contribution in [2.75, 3.05) is 17.2 Å². The van der Waals surface area contributed by atoms with Gasteiger partial charge in [0.05, 0.1) is 11.3 Å².